The van der Waals surface area contributed by atoms with Crippen molar-refractivity contribution in [1.82, 2.24) is 0 Å². The number of fused-ring (bicyclic) bond motifs is 1. The summed E-state index contributed by atoms with van der Waals surface area (Å²) in [6.45, 7) is 8.36. The van der Waals surface area contributed by atoms with Crippen molar-refractivity contribution < 1.29 is 19.7 Å². The molecule has 2 aliphatic carbocycles. The lowest BCUT2D eigenvalue weighted by Crippen LogP contribution is -2.54. The molecule has 1 heterocycles. The highest BCUT2D eigenvalue weighted by atomic mass is 16.6. The minimum Gasteiger partial charge on any atom is -0.508 e. The predicted octanol–water partition coefficient (Wildman–Crippen LogP) is 3.55. The number of aromatic hydroxyl groups is 1. The minimum atomic E-state index is -0.819. The predicted molar refractivity (Wildman–Crippen MR) is 89.8 cm³/mol. The van der Waals surface area contributed by atoms with Gasteiger partial charge < -0.3 is 14.9 Å². The van der Waals surface area contributed by atoms with Gasteiger partial charge in [0.2, 0.25) is 0 Å². The third-order valence-electron chi connectivity index (χ3n) is 6.63. The summed E-state index contributed by atoms with van der Waals surface area (Å²) < 4.78 is 5.72. The van der Waals surface area contributed by atoms with E-state index in [-0.39, 0.29) is 29.0 Å². The Morgan fingerprint density at radius 2 is 1.96 bits per heavy atom. The molecular formula is C20H26O4. The van der Waals surface area contributed by atoms with Gasteiger partial charge in [-0.15, -0.1) is 0 Å². The van der Waals surface area contributed by atoms with Crippen molar-refractivity contribution in [2.24, 2.45) is 11.3 Å². The van der Waals surface area contributed by atoms with Gasteiger partial charge in [-0.1, -0.05) is 34.1 Å². The van der Waals surface area contributed by atoms with E-state index in [2.05, 4.69) is 13.8 Å². The number of rotatable bonds is 1. The number of esters is 1. The number of benzene rings is 1. The van der Waals surface area contributed by atoms with Crippen LogP contribution in [0.2, 0.25) is 0 Å². The van der Waals surface area contributed by atoms with Gasteiger partial charge in [-0.05, 0) is 53.0 Å². The molecule has 0 spiro atoms. The van der Waals surface area contributed by atoms with Crippen molar-refractivity contribution in [3.05, 3.63) is 28.8 Å². The van der Waals surface area contributed by atoms with Gasteiger partial charge in [0, 0.05) is 5.92 Å². The third-order valence-corrected chi connectivity index (χ3v) is 6.63. The van der Waals surface area contributed by atoms with Crippen LogP contribution in [0.5, 0.6) is 5.75 Å². The maximum absolute atomic E-state index is 12.9. The first-order valence-corrected chi connectivity index (χ1v) is 8.96. The van der Waals surface area contributed by atoms with Crippen LogP contribution in [0.1, 0.15) is 75.7 Å². The van der Waals surface area contributed by atoms with E-state index in [1.807, 2.05) is 19.9 Å². The number of carbonyl (C=O) groups is 1. The molecule has 2 bridgehead atoms. The molecule has 130 valence electrons. The van der Waals surface area contributed by atoms with Crippen LogP contribution in [0.3, 0.4) is 0 Å². The molecule has 1 aromatic carbocycles. The van der Waals surface area contributed by atoms with Crippen molar-refractivity contribution in [2.45, 2.75) is 70.5 Å². The fraction of sp³-hybridized carbons (Fsp3) is 0.650. The van der Waals surface area contributed by atoms with Gasteiger partial charge in [0.05, 0.1) is 0 Å². The Morgan fingerprint density at radius 3 is 2.62 bits per heavy atom. The average molecular weight is 330 g/mol. The molecule has 0 radical (unpaired) electrons. The molecule has 1 saturated heterocycles. The molecule has 4 heteroatoms. The molecule has 4 rings (SSSR count). The lowest BCUT2D eigenvalue weighted by Gasteiger charge is -2.51. The number of hydrogen-bond donors (Lipinski definition) is 2. The van der Waals surface area contributed by atoms with Gasteiger partial charge in [0.25, 0.3) is 0 Å². The number of phenolic OH excluding ortho intramolecular Hbond substituents is 1. The first kappa shape index (κ1) is 15.9. The fourth-order valence-electron chi connectivity index (χ4n) is 5.60. The normalized spacial score (nSPS) is 36.2. The van der Waals surface area contributed by atoms with E-state index in [1.165, 1.54) is 0 Å². The van der Waals surface area contributed by atoms with Crippen LogP contribution < -0.4 is 0 Å². The fourth-order valence-corrected chi connectivity index (χ4v) is 5.60. The first-order chi connectivity index (χ1) is 11.2. The highest BCUT2D eigenvalue weighted by Gasteiger charge is 2.69. The van der Waals surface area contributed by atoms with Crippen LogP contribution in [-0.4, -0.2) is 22.3 Å². The second kappa shape index (κ2) is 4.75. The molecule has 1 aliphatic heterocycles. The summed E-state index contributed by atoms with van der Waals surface area (Å²) in [6.07, 6.45) is 1.40. The molecule has 4 atom stereocenters. The Labute approximate surface area is 142 Å². The summed E-state index contributed by atoms with van der Waals surface area (Å²) >= 11 is 0. The number of carbonyl (C=O) groups excluding carboxylic acids is 1. The van der Waals surface area contributed by atoms with Crippen LogP contribution in [-0.2, 0) is 14.9 Å². The van der Waals surface area contributed by atoms with Crippen LogP contribution >= 0.6 is 0 Å². The molecule has 4 nitrogen and oxygen atoms in total. The standard InChI is InChI=1S/C20H26O4/c1-10(2)11-8-12-13(9-14(11)21)20-7-5-6-19(3,4)17(20)16(15(12)22)24-18(20)23/h8-10,15-17,21-22H,5-7H2,1-4H3/t15-,16-,17+,20+/m1/s1. The Morgan fingerprint density at radius 1 is 1.25 bits per heavy atom. The Balaban J connectivity index is 2.00. The summed E-state index contributed by atoms with van der Waals surface area (Å²) in [5.74, 6) is 0.0956. The van der Waals surface area contributed by atoms with E-state index in [0.29, 0.717) is 0 Å². The van der Waals surface area contributed by atoms with E-state index in [0.717, 1.165) is 36.0 Å². The van der Waals surface area contributed by atoms with E-state index < -0.39 is 17.6 Å². The Bertz CT molecular complexity index is 721. The largest absolute Gasteiger partial charge is 0.508 e. The number of aliphatic hydroxyl groups is 1. The zero-order chi connectivity index (χ0) is 17.4. The SMILES string of the molecule is CC(C)c1cc2c(cc1O)[C@@]13CCCC(C)(C)[C@@H]1[C@H](OC3=O)[C@@H]2O. The van der Waals surface area contributed by atoms with Gasteiger partial charge in [-0.3, -0.25) is 4.79 Å². The second-order valence-electron chi connectivity index (χ2n) is 8.76. The number of ether oxygens (including phenoxy) is 1. The lowest BCUT2D eigenvalue weighted by atomic mass is 9.49. The smallest absolute Gasteiger partial charge is 0.317 e. The first-order valence-electron chi connectivity index (χ1n) is 8.96. The Hall–Kier alpha value is -1.55. The lowest BCUT2D eigenvalue weighted by molar-refractivity contribution is -0.148. The molecule has 0 amide bonds. The van der Waals surface area contributed by atoms with Crippen molar-refractivity contribution in [3.63, 3.8) is 0 Å². The summed E-state index contributed by atoms with van der Waals surface area (Å²) in [5, 5.41) is 21.5. The molecule has 3 aliphatic rings. The maximum Gasteiger partial charge on any atom is 0.317 e. The van der Waals surface area contributed by atoms with E-state index >= 15 is 0 Å². The molecule has 1 saturated carbocycles. The summed E-state index contributed by atoms with van der Waals surface area (Å²) in [7, 11) is 0. The van der Waals surface area contributed by atoms with Gasteiger partial charge in [-0.25, -0.2) is 0 Å². The second-order valence-corrected chi connectivity index (χ2v) is 8.76. The highest BCUT2D eigenvalue weighted by Crippen LogP contribution is 2.64. The molecule has 2 N–H and O–H groups in total. The minimum absolute atomic E-state index is 0.0435. The Kier molecular flexibility index (Phi) is 3.16. The van der Waals surface area contributed by atoms with Gasteiger partial charge in [-0.2, -0.15) is 0 Å². The molecule has 1 aromatic rings. The zero-order valence-corrected chi connectivity index (χ0v) is 14.8. The van der Waals surface area contributed by atoms with E-state index in [4.69, 9.17) is 4.74 Å². The van der Waals surface area contributed by atoms with Crippen LogP contribution in [0.15, 0.2) is 12.1 Å². The molecule has 0 unspecified atom stereocenters. The number of aliphatic hydroxyl groups excluding tert-OH is 1. The number of hydrogen-bond acceptors (Lipinski definition) is 4. The topological polar surface area (TPSA) is 66.8 Å². The van der Waals surface area contributed by atoms with Crippen molar-refractivity contribution in [1.29, 1.82) is 0 Å². The molecule has 0 aromatic heterocycles. The summed E-state index contributed by atoms with van der Waals surface area (Å²) in [4.78, 5) is 12.9. The van der Waals surface area contributed by atoms with Gasteiger partial charge >= 0.3 is 5.97 Å². The van der Waals surface area contributed by atoms with E-state index in [1.54, 1.807) is 6.07 Å². The summed E-state index contributed by atoms with van der Waals surface area (Å²) in [6, 6.07) is 3.61. The maximum atomic E-state index is 12.9. The van der Waals surface area contributed by atoms with Crippen molar-refractivity contribution in [3.8, 4) is 5.75 Å². The molecular weight excluding hydrogens is 304 g/mol. The molecule has 24 heavy (non-hydrogen) atoms. The van der Waals surface area contributed by atoms with Crippen LogP contribution in [0.4, 0.5) is 0 Å². The van der Waals surface area contributed by atoms with Gasteiger partial charge in [0.15, 0.2) is 0 Å². The van der Waals surface area contributed by atoms with Crippen LogP contribution in [0.25, 0.3) is 0 Å². The molecule has 2 fully saturated rings. The quantitative estimate of drug-likeness (QED) is 0.773. The van der Waals surface area contributed by atoms with Crippen molar-refractivity contribution >= 4 is 5.97 Å². The third kappa shape index (κ3) is 1.75. The van der Waals surface area contributed by atoms with E-state index in [9.17, 15) is 15.0 Å². The van der Waals surface area contributed by atoms with Crippen molar-refractivity contribution in [2.75, 3.05) is 0 Å². The summed E-state index contributed by atoms with van der Waals surface area (Å²) in [5.41, 5.74) is 1.56. The zero-order valence-electron chi connectivity index (χ0n) is 14.8. The highest BCUT2D eigenvalue weighted by molar-refractivity contribution is 5.88. The van der Waals surface area contributed by atoms with Crippen LogP contribution in [0, 0.1) is 11.3 Å². The van der Waals surface area contributed by atoms with Gasteiger partial charge in [0.1, 0.15) is 23.4 Å². The number of phenols is 1. The monoisotopic (exact) mass is 330 g/mol. The average Bonchev–Trinajstić information content (AvgIpc) is 2.77.